The molecule has 3 aliphatic rings. The first-order chi connectivity index (χ1) is 22.0. The first kappa shape index (κ1) is 35.8. The molecule has 0 unspecified atom stereocenters. The van der Waals surface area contributed by atoms with E-state index in [2.05, 4.69) is 16.8 Å². The molecule has 2 N–H and O–H groups in total. The molecular formula is C37H55N3O6. The van der Waals surface area contributed by atoms with Crippen LogP contribution in [0.3, 0.4) is 0 Å². The van der Waals surface area contributed by atoms with Crippen molar-refractivity contribution in [1.29, 1.82) is 0 Å². The summed E-state index contributed by atoms with van der Waals surface area (Å²) < 4.78 is 11.9. The van der Waals surface area contributed by atoms with E-state index in [1.165, 1.54) is 38.5 Å². The lowest BCUT2D eigenvalue weighted by Gasteiger charge is -2.40. The summed E-state index contributed by atoms with van der Waals surface area (Å²) in [6, 6.07) is 6.43. The third kappa shape index (κ3) is 10.5. The Kier molecular flexibility index (Phi) is 13.4. The zero-order chi connectivity index (χ0) is 33.1. The number of carbonyl (C=O) groups is 2. The number of amides is 1. The zero-order valence-corrected chi connectivity index (χ0v) is 28.2. The molecule has 0 radical (unpaired) electrons. The van der Waals surface area contributed by atoms with Crippen LogP contribution in [0.25, 0.3) is 0 Å². The number of aliphatic hydroxyl groups is 2. The van der Waals surface area contributed by atoms with Gasteiger partial charge in [-0.1, -0.05) is 69.9 Å². The highest BCUT2D eigenvalue weighted by molar-refractivity contribution is 5.70. The van der Waals surface area contributed by atoms with E-state index in [1.807, 2.05) is 56.4 Å². The van der Waals surface area contributed by atoms with Crippen LogP contribution in [-0.4, -0.2) is 93.2 Å². The van der Waals surface area contributed by atoms with Crippen molar-refractivity contribution >= 4 is 12.1 Å². The van der Waals surface area contributed by atoms with E-state index in [4.69, 9.17) is 9.47 Å². The second-order valence-electron chi connectivity index (χ2n) is 13.7. The molecule has 1 saturated heterocycles. The molecule has 0 bridgehead atoms. The number of nitrogens with zero attached hydrogens (tertiary/aromatic N) is 3. The monoisotopic (exact) mass is 637 g/mol. The molecule has 1 saturated carbocycles. The maximum Gasteiger partial charge on any atom is 0.410 e. The van der Waals surface area contributed by atoms with Crippen LogP contribution in [0.2, 0.25) is 0 Å². The average Bonchev–Trinajstić information content (AvgIpc) is 3.34. The van der Waals surface area contributed by atoms with Crippen LogP contribution in [0.15, 0.2) is 60.3 Å². The summed E-state index contributed by atoms with van der Waals surface area (Å²) in [7, 11) is 0. The molecule has 4 rings (SSSR count). The van der Waals surface area contributed by atoms with Crippen molar-refractivity contribution in [1.82, 2.24) is 14.8 Å². The Hall–Kier alpha value is -3.01. The van der Waals surface area contributed by atoms with Crippen molar-refractivity contribution in [3.05, 3.63) is 66.0 Å². The molecule has 1 aromatic heterocycles. The Morgan fingerprint density at radius 1 is 1.11 bits per heavy atom. The number of piperazine rings is 1. The molecule has 2 aliphatic heterocycles. The van der Waals surface area contributed by atoms with Gasteiger partial charge in [-0.15, -0.1) is 0 Å². The molecule has 6 atom stereocenters. The van der Waals surface area contributed by atoms with Crippen LogP contribution in [0.4, 0.5) is 4.79 Å². The van der Waals surface area contributed by atoms with Gasteiger partial charge in [0.25, 0.3) is 0 Å². The van der Waals surface area contributed by atoms with Crippen molar-refractivity contribution in [2.75, 3.05) is 26.2 Å². The molecule has 1 aromatic rings. The van der Waals surface area contributed by atoms with Crippen LogP contribution in [0.1, 0.15) is 97.1 Å². The van der Waals surface area contributed by atoms with E-state index in [-0.39, 0.29) is 31.1 Å². The van der Waals surface area contributed by atoms with Gasteiger partial charge in [0.05, 0.1) is 12.5 Å². The molecule has 2 fully saturated rings. The number of cyclic esters (lactones) is 1. The number of aliphatic hydroxyl groups excluding tert-OH is 1. The summed E-state index contributed by atoms with van der Waals surface area (Å²) in [6.45, 7) is 10.4. The molecule has 254 valence electrons. The third-order valence-corrected chi connectivity index (χ3v) is 9.83. The summed E-state index contributed by atoms with van der Waals surface area (Å²) >= 11 is 0. The fourth-order valence-electron chi connectivity index (χ4n) is 6.74. The predicted octanol–water partition coefficient (Wildman–Crippen LogP) is 5.93. The molecule has 46 heavy (non-hydrogen) atoms. The molecule has 3 heterocycles. The maximum absolute atomic E-state index is 13.4. The molecule has 9 heteroatoms. The number of carbonyl (C=O) groups excluding carboxylic acids is 2. The molecule has 1 aliphatic carbocycles. The van der Waals surface area contributed by atoms with Gasteiger partial charge in [-0.2, -0.15) is 0 Å². The Morgan fingerprint density at radius 3 is 2.50 bits per heavy atom. The molecule has 1 amide bonds. The highest BCUT2D eigenvalue weighted by Gasteiger charge is 2.37. The van der Waals surface area contributed by atoms with Gasteiger partial charge in [0.2, 0.25) is 0 Å². The average molecular weight is 638 g/mol. The maximum atomic E-state index is 13.4. The SMILES string of the molecule is C/C(=C\C=C\[C@@H](C)c1ccccn1)[C@H]1OC(=O)C[C@H](O)CC[C@@](C)(O)[C@H](OC(=O)N2CCN(C3CCCCCC3)CC2)/C=C/[C@@H]1C. The largest absolute Gasteiger partial charge is 0.457 e. The van der Waals surface area contributed by atoms with E-state index in [0.29, 0.717) is 19.1 Å². The number of rotatable bonds is 6. The van der Waals surface area contributed by atoms with Crippen LogP contribution >= 0.6 is 0 Å². The van der Waals surface area contributed by atoms with E-state index in [0.717, 1.165) is 24.4 Å². The Balaban J connectivity index is 1.45. The fourth-order valence-corrected chi connectivity index (χ4v) is 6.74. The van der Waals surface area contributed by atoms with Crippen molar-refractivity contribution in [3.8, 4) is 0 Å². The number of allylic oxidation sites excluding steroid dienone is 3. The predicted molar refractivity (Wildman–Crippen MR) is 179 cm³/mol. The van der Waals surface area contributed by atoms with Gasteiger partial charge >= 0.3 is 12.1 Å². The molecule has 0 aromatic carbocycles. The highest BCUT2D eigenvalue weighted by atomic mass is 16.6. The van der Waals surface area contributed by atoms with Gasteiger partial charge in [-0.05, 0) is 63.3 Å². The van der Waals surface area contributed by atoms with E-state index in [1.54, 1.807) is 24.1 Å². The van der Waals surface area contributed by atoms with Crippen LogP contribution < -0.4 is 0 Å². The normalized spacial score (nSPS) is 31.3. The minimum absolute atomic E-state index is 0.106. The van der Waals surface area contributed by atoms with E-state index in [9.17, 15) is 19.8 Å². The summed E-state index contributed by atoms with van der Waals surface area (Å²) in [5, 5.41) is 22.1. The van der Waals surface area contributed by atoms with Crippen molar-refractivity contribution < 1.29 is 29.3 Å². The number of hydrogen-bond acceptors (Lipinski definition) is 8. The third-order valence-electron chi connectivity index (χ3n) is 9.83. The summed E-state index contributed by atoms with van der Waals surface area (Å²) in [6.07, 6.45) is 16.0. The Morgan fingerprint density at radius 2 is 1.83 bits per heavy atom. The lowest BCUT2D eigenvalue weighted by atomic mass is 9.88. The first-order valence-corrected chi connectivity index (χ1v) is 17.3. The van der Waals surface area contributed by atoms with E-state index >= 15 is 0 Å². The van der Waals surface area contributed by atoms with Gasteiger partial charge < -0.3 is 24.6 Å². The van der Waals surface area contributed by atoms with Gasteiger partial charge in [-0.3, -0.25) is 14.7 Å². The summed E-state index contributed by atoms with van der Waals surface area (Å²) in [4.78, 5) is 34.9. The van der Waals surface area contributed by atoms with Crippen LogP contribution in [0, 0.1) is 5.92 Å². The number of ether oxygens (including phenoxy) is 2. The molecular weight excluding hydrogens is 582 g/mol. The highest BCUT2D eigenvalue weighted by Crippen LogP contribution is 2.28. The van der Waals surface area contributed by atoms with Gasteiger partial charge in [0.15, 0.2) is 6.10 Å². The Bertz CT molecular complexity index is 1200. The van der Waals surface area contributed by atoms with Crippen molar-refractivity contribution in [3.63, 3.8) is 0 Å². The molecule has 9 nitrogen and oxygen atoms in total. The number of aromatic nitrogens is 1. The second kappa shape index (κ2) is 17.2. The van der Waals surface area contributed by atoms with Crippen molar-refractivity contribution in [2.24, 2.45) is 5.92 Å². The summed E-state index contributed by atoms with van der Waals surface area (Å²) in [5.41, 5.74) is 0.345. The lowest BCUT2D eigenvalue weighted by molar-refractivity contribution is -0.151. The van der Waals surface area contributed by atoms with Crippen molar-refractivity contribution in [2.45, 2.75) is 121 Å². The van der Waals surface area contributed by atoms with Crippen LogP contribution in [0.5, 0.6) is 0 Å². The van der Waals surface area contributed by atoms with Gasteiger partial charge in [-0.25, -0.2) is 4.79 Å². The summed E-state index contributed by atoms with van der Waals surface area (Å²) in [5.74, 6) is -0.685. The minimum atomic E-state index is -1.44. The number of esters is 1. The zero-order valence-electron chi connectivity index (χ0n) is 28.2. The standard InChI is InChI=1S/C37H55N3O6/c1-27(32-16-9-10-21-38-32)12-11-13-28(2)35-29(3)17-18-33(37(4,44)20-19-31(41)26-34(42)46-35)45-36(43)40-24-22-39(23-25-40)30-14-7-5-6-8-15-30/h9-13,16-18,21,27,29-31,33,35,41,44H,5-8,14-15,19-20,22-26H2,1-4H3/b12-11+,18-17+,28-13+/t27-,29+,31-,33-,35-,37-/m1/s1. The Labute approximate surface area is 275 Å². The molecule has 0 spiro atoms. The van der Waals surface area contributed by atoms with Crippen LogP contribution in [-0.2, 0) is 14.3 Å². The topological polar surface area (TPSA) is 112 Å². The van der Waals surface area contributed by atoms with E-state index < -0.39 is 36.0 Å². The lowest BCUT2D eigenvalue weighted by Crippen LogP contribution is -2.53. The quantitative estimate of drug-likeness (QED) is 0.171. The number of hydrogen-bond donors (Lipinski definition) is 2. The number of pyridine rings is 1. The second-order valence-corrected chi connectivity index (χ2v) is 13.7. The fraction of sp³-hybridized carbons (Fsp3) is 0.649. The first-order valence-electron chi connectivity index (χ1n) is 17.3. The van der Waals surface area contributed by atoms with Gasteiger partial charge in [0.1, 0.15) is 11.7 Å². The van der Waals surface area contributed by atoms with Gasteiger partial charge in [0, 0.05) is 55.9 Å². The smallest absolute Gasteiger partial charge is 0.410 e. The minimum Gasteiger partial charge on any atom is -0.457 e.